The highest BCUT2D eigenvalue weighted by molar-refractivity contribution is 5.95. The molecular formula is C10H12F2N4O2. The highest BCUT2D eigenvalue weighted by atomic mass is 19.3. The van der Waals surface area contributed by atoms with Crippen molar-refractivity contribution in [3.63, 3.8) is 0 Å². The number of aryl methyl sites for hydroxylation is 1. The monoisotopic (exact) mass is 258 g/mol. The summed E-state index contributed by atoms with van der Waals surface area (Å²) in [7, 11) is 1.32. The Bertz CT molecular complexity index is 508. The van der Waals surface area contributed by atoms with Crippen LogP contribution in [0.2, 0.25) is 0 Å². The maximum absolute atomic E-state index is 12.5. The van der Waals surface area contributed by atoms with Crippen molar-refractivity contribution in [3.05, 3.63) is 17.5 Å². The minimum absolute atomic E-state index is 0.208. The molecule has 0 unspecified atom stereocenters. The molecule has 1 aromatic rings. The lowest BCUT2D eigenvalue weighted by atomic mass is 10.3. The Morgan fingerprint density at radius 2 is 2.28 bits per heavy atom. The number of esters is 1. The number of nitrogens with zero attached hydrogens (tertiary/aromatic N) is 2. The van der Waals surface area contributed by atoms with Crippen LogP contribution in [0.3, 0.4) is 0 Å². The number of hydrogen-bond donors (Lipinski definition) is 2. The summed E-state index contributed by atoms with van der Waals surface area (Å²) in [6, 6.07) is 0.975. The molecule has 6 nitrogen and oxygen atoms in total. The minimum Gasteiger partial charge on any atom is -0.446 e. The van der Waals surface area contributed by atoms with Gasteiger partial charge in [-0.1, -0.05) is 0 Å². The van der Waals surface area contributed by atoms with E-state index >= 15 is 0 Å². The third-order valence-electron chi connectivity index (χ3n) is 2.83. The number of hydrogen-bond acceptors (Lipinski definition) is 4. The highest BCUT2D eigenvalue weighted by Crippen LogP contribution is 2.40. The van der Waals surface area contributed by atoms with Crippen LogP contribution in [-0.2, 0) is 11.8 Å². The molecule has 0 saturated heterocycles. The summed E-state index contributed by atoms with van der Waals surface area (Å²) in [5, 5.41) is 10.9. The van der Waals surface area contributed by atoms with Gasteiger partial charge in [-0.25, -0.2) is 13.6 Å². The predicted molar refractivity (Wildman–Crippen MR) is 57.5 cm³/mol. The first-order valence-electron chi connectivity index (χ1n) is 5.26. The fourth-order valence-electron chi connectivity index (χ4n) is 1.56. The second-order valence-electron chi connectivity index (χ2n) is 4.18. The number of aromatic nitrogens is 2. The summed E-state index contributed by atoms with van der Waals surface area (Å²) in [6.07, 6.45) is -1.77. The van der Waals surface area contributed by atoms with Gasteiger partial charge in [0.25, 0.3) is 6.43 Å². The summed E-state index contributed by atoms with van der Waals surface area (Å²) in [5.41, 5.74) is 3.67. The Balaban J connectivity index is 2.15. The average Bonchev–Trinajstić information content (AvgIpc) is 2.94. The van der Waals surface area contributed by atoms with E-state index in [2.05, 4.69) is 5.10 Å². The Kier molecular flexibility index (Phi) is 2.80. The molecule has 0 amide bonds. The molecule has 1 fully saturated rings. The summed E-state index contributed by atoms with van der Waals surface area (Å²) in [4.78, 5) is 11.7. The second kappa shape index (κ2) is 4.04. The quantitative estimate of drug-likeness (QED) is 0.478. The van der Waals surface area contributed by atoms with Crippen molar-refractivity contribution in [1.29, 1.82) is 5.41 Å². The molecule has 0 spiro atoms. The van der Waals surface area contributed by atoms with Gasteiger partial charge in [-0.05, 0) is 12.8 Å². The van der Waals surface area contributed by atoms with E-state index in [4.69, 9.17) is 15.9 Å². The molecule has 8 heteroatoms. The molecule has 1 aliphatic carbocycles. The molecule has 0 aromatic carbocycles. The highest BCUT2D eigenvalue weighted by Gasteiger charge is 2.50. The summed E-state index contributed by atoms with van der Waals surface area (Å²) in [5.74, 6) is -1.08. The standard InChI is InChI=1S/C10H12F2N4O2/c1-16-6(7(11)12)4-5(15-16)8(17)18-10(2-3-10)9(13)14/h4,7H,2-3H2,1H3,(H3,13,14). The van der Waals surface area contributed by atoms with E-state index in [0.717, 1.165) is 10.7 Å². The lowest BCUT2D eigenvalue weighted by Gasteiger charge is -2.13. The van der Waals surface area contributed by atoms with Gasteiger partial charge in [-0.3, -0.25) is 10.1 Å². The van der Waals surface area contributed by atoms with Crippen molar-refractivity contribution in [2.75, 3.05) is 0 Å². The number of alkyl halides is 2. The van der Waals surface area contributed by atoms with E-state index < -0.39 is 18.0 Å². The zero-order chi connectivity index (χ0) is 13.5. The first-order valence-corrected chi connectivity index (χ1v) is 5.26. The number of halogens is 2. The van der Waals surface area contributed by atoms with E-state index in [1.165, 1.54) is 7.05 Å². The van der Waals surface area contributed by atoms with Crippen LogP contribution in [0.5, 0.6) is 0 Å². The Morgan fingerprint density at radius 3 is 2.67 bits per heavy atom. The fourth-order valence-corrected chi connectivity index (χ4v) is 1.56. The zero-order valence-corrected chi connectivity index (χ0v) is 9.61. The largest absolute Gasteiger partial charge is 0.446 e. The molecule has 2 rings (SSSR count). The molecule has 1 saturated carbocycles. The lowest BCUT2D eigenvalue weighted by molar-refractivity contribution is 0.0368. The Morgan fingerprint density at radius 1 is 1.67 bits per heavy atom. The molecule has 0 bridgehead atoms. The molecule has 98 valence electrons. The van der Waals surface area contributed by atoms with Gasteiger partial charge in [0.05, 0.1) is 0 Å². The smallest absolute Gasteiger partial charge is 0.359 e. The molecular weight excluding hydrogens is 246 g/mol. The van der Waals surface area contributed by atoms with Gasteiger partial charge in [0.2, 0.25) is 0 Å². The first kappa shape index (κ1) is 12.5. The summed E-state index contributed by atoms with van der Waals surface area (Å²) >= 11 is 0. The number of amidine groups is 1. The normalized spacial score (nSPS) is 16.7. The van der Waals surface area contributed by atoms with E-state index in [1.807, 2.05) is 0 Å². The van der Waals surface area contributed by atoms with Crippen LogP contribution in [-0.4, -0.2) is 27.2 Å². The third-order valence-corrected chi connectivity index (χ3v) is 2.83. The van der Waals surface area contributed by atoms with Gasteiger partial charge in [0.1, 0.15) is 11.5 Å². The van der Waals surface area contributed by atoms with Crippen molar-refractivity contribution in [2.24, 2.45) is 12.8 Å². The molecule has 0 radical (unpaired) electrons. The number of nitrogens with one attached hydrogen (secondary N) is 1. The summed E-state index contributed by atoms with van der Waals surface area (Å²) in [6.45, 7) is 0. The van der Waals surface area contributed by atoms with Gasteiger partial charge >= 0.3 is 5.97 Å². The fraction of sp³-hybridized carbons (Fsp3) is 0.500. The topological polar surface area (TPSA) is 94.0 Å². The van der Waals surface area contributed by atoms with Crippen LogP contribution in [0, 0.1) is 5.41 Å². The van der Waals surface area contributed by atoms with E-state index in [1.54, 1.807) is 0 Å². The van der Waals surface area contributed by atoms with Crippen molar-refractivity contribution in [1.82, 2.24) is 9.78 Å². The van der Waals surface area contributed by atoms with Gasteiger partial charge in [0, 0.05) is 13.1 Å². The van der Waals surface area contributed by atoms with E-state index in [-0.39, 0.29) is 17.2 Å². The van der Waals surface area contributed by atoms with Crippen molar-refractivity contribution in [3.8, 4) is 0 Å². The Labute approximate surface area is 101 Å². The summed E-state index contributed by atoms with van der Waals surface area (Å²) < 4.78 is 31.0. The Hall–Kier alpha value is -1.99. The zero-order valence-electron chi connectivity index (χ0n) is 9.61. The molecule has 18 heavy (non-hydrogen) atoms. The first-order chi connectivity index (χ1) is 8.35. The molecule has 1 aromatic heterocycles. The van der Waals surface area contributed by atoms with E-state index in [0.29, 0.717) is 12.8 Å². The average molecular weight is 258 g/mol. The number of carbonyl (C=O) groups is 1. The molecule has 1 heterocycles. The van der Waals surface area contributed by atoms with Gasteiger partial charge in [-0.15, -0.1) is 0 Å². The van der Waals surface area contributed by atoms with Crippen LogP contribution in [0.4, 0.5) is 8.78 Å². The predicted octanol–water partition coefficient (Wildman–Crippen LogP) is 0.983. The SMILES string of the molecule is Cn1nc(C(=O)OC2(C(=N)N)CC2)cc1C(F)F. The van der Waals surface area contributed by atoms with Gasteiger partial charge in [0.15, 0.2) is 11.3 Å². The maximum atomic E-state index is 12.5. The number of nitrogens with two attached hydrogens (primary N) is 1. The molecule has 0 atom stereocenters. The van der Waals surface area contributed by atoms with E-state index in [9.17, 15) is 13.6 Å². The second-order valence-corrected chi connectivity index (χ2v) is 4.18. The molecule has 1 aliphatic rings. The van der Waals surface area contributed by atoms with Crippen LogP contribution in [0.15, 0.2) is 6.07 Å². The number of carbonyl (C=O) groups excluding carboxylic acids is 1. The van der Waals surface area contributed by atoms with Crippen molar-refractivity contribution in [2.45, 2.75) is 24.9 Å². The minimum atomic E-state index is -2.72. The van der Waals surface area contributed by atoms with Crippen LogP contribution in [0.1, 0.15) is 35.4 Å². The molecule has 3 N–H and O–H groups in total. The van der Waals surface area contributed by atoms with Gasteiger partial charge in [-0.2, -0.15) is 5.10 Å². The third kappa shape index (κ3) is 2.05. The molecule has 0 aliphatic heterocycles. The van der Waals surface area contributed by atoms with Crippen LogP contribution < -0.4 is 5.73 Å². The lowest BCUT2D eigenvalue weighted by Crippen LogP contribution is -2.34. The van der Waals surface area contributed by atoms with Gasteiger partial charge < -0.3 is 10.5 Å². The van der Waals surface area contributed by atoms with Crippen molar-refractivity contribution < 1.29 is 18.3 Å². The van der Waals surface area contributed by atoms with Crippen molar-refractivity contribution >= 4 is 11.8 Å². The van der Waals surface area contributed by atoms with Crippen LogP contribution in [0.25, 0.3) is 0 Å². The maximum Gasteiger partial charge on any atom is 0.359 e. The van der Waals surface area contributed by atoms with Crippen LogP contribution >= 0.6 is 0 Å². The number of rotatable bonds is 4. The number of ether oxygens (including phenoxy) is 1.